The van der Waals surface area contributed by atoms with Crippen molar-refractivity contribution < 1.29 is 29.7 Å². The minimum Gasteiger partial charge on any atom is -0.481 e. The van der Waals surface area contributed by atoms with Gasteiger partial charge in [-0.05, 0) is 152 Å². The molecule has 1 saturated heterocycles. The highest BCUT2D eigenvalue weighted by molar-refractivity contribution is 5.98. The highest BCUT2D eigenvalue weighted by Crippen LogP contribution is 2.41. The maximum atomic E-state index is 12.0. The fraction of sp³-hybridized carbons (Fsp3) is 0.388. The first kappa shape index (κ1) is 43.9. The number of H-pyrrole nitrogens is 2. The number of aliphatic carboxylic acids is 2. The van der Waals surface area contributed by atoms with E-state index in [1.165, 1.54) is 16.7 Å². The Labute approximate surface area is 352 Å². The summed E-state index contributed by atoms with van der Waals surface area (Å²) in [4.78, 5) is 46.6. The van der Waals surface area contributed by atoms with Crippen molar-refractivity contribution in [2.75, 3.05) is 0 Å². The number of hydroxylamine groups is 1. The van der Waals surface area contributed by atoms with E-state index in [4.69, 9.17) is 14.8 Å². The standard InChI is InChI=1S/C49H59N5O6/c1-9-33-30(6)37-24-42-47(44(55)18-12-17-29(5)16-11-15-28(4)14-10-13-27(2)3)32(8)38(52-42)25-43-48(49-54-60-49)35(20-22-46(58)59)41(53-43)26-40-34(19-21-45(56)57)31(7)36(51-40)23-39(33)50-37/h9,13,15,17,23-26,44,49-50,52,54-55H,1,10-12,14,16,18-22H2,2-8H3,(H,56,57)(H,58,59)/b28-15+,29-17+,36-23?,37-24?,38-25?,39-23?,40-26?,41-26?,42-24?,43-25?/t44-,49+/m0/s1. The smallest absolute Gasteiger partial charge is 0.303 e. The van der Waals surface area contributed by atoms with Crippen LogP contribution in [0.2, 0.25) is 0 Å². The molecule has 6 heterocycles. The quantitative estimate of drug-likeness (QED) is 0.0537. The lowest BCUT2D eigenvalue weighted by Crippen LogP contribution is -2.00. The summed E-state index contributed by atoms with van der Waals surface area (Å²) in [5, 5.41) is 31.3. The summed E-state index contributed by atoms with van der Waals surface area (Å²) in [5.41, 5.74) is 19.1. The molecule has 2 atom stereocenters. The number of fused-ring (bicyclic) bond motifs is 8. The van der Waals surface area contributed by atoms with Crippen molar-refractivity contribution in [3.8, 4) is 0 Å². The Morgan fingerprint density at radius 2 is 1.30 bits per heavy atom. The van der Waals surface area contributed by atoms with Gasteiger partial charge in [0, 0.05) is 51.6 Å². The minimum atomic E-state index is -0.942. The fourth-order valence-corrected chi connectivity index (χ4v) is 8.19. The third-order valence-corrected chi connectivity index (χ3v) is 11.7. The van der Waals surface area contributed by atoms with E-state index in [0.29, 0.717) is 41.2 Å². The number of aryl methyl sites for hydroxylation is 2. The summed E-state index contributed by atoms with van der Waals surface area (Å²) in [6, 6.07) is 7.75. The zero-order valence-corrected chi connectivity index (χ0v) is 36.0. The molecule has 6 N–H and O–H groups in total. The SMILES string of the molecule is C=Cc1c(C)c2cc3[nH]c(cc4nc(cc5nc(cc1[nH]2)C(C)=C5CCC(=O)O)C(CCC(=O)O)=C4[C@@H]1NO1)c(C)c3[C@@H](O)CC/C=C(\C)CC/C=C(\C)CCC=C(C)C. The summed E-state index contributed by atoms with van der Waals surface area (Å²) >= 11 is 0. The number of aliphatic hydroxyl groups excluding tert-OH is 1. The van der Waals surface area contributed by atoms with Crippen LogP contribution in [0, 0.1) is 13.8 Å². The van der Waals surface area contributed by atoms with Crippen LogP contribution in [0.4, 0.5) is 0 Å². The molecular formula is C49H59N5O6. The second-order valence-corrected chi connectivity index (χ2v) is 16.5. The molecule has 11 nitrogen and oxygen atoms in total. The van der Waals surface area contributed by atoms with Crippen molar-refractivity contribution in [2.24, 2.45) is 0 Å². The minimum absolute atomic E-state index is 0.0805. The molecule has 3 aromatic rings. The lowest BCUT2D eigenvalue weighted by molar-refractivity contribution is -0.137. The molecule has 6 rings (SSSR count). The third-order valence-electron chi connectivity index (χ3n) is 11.7. The number of nitrogens with zero attached hydrogens (tertiary/aromatic N) is 2. The van der Waals surface area contributed by atoms with Gasteiger partial charge in [-0.3, -0.25) is 14.4 Å². The van der Waals surface area contributed by atoms with E-state index in [1.54, 1.807) is 0 Å². The maximum Gasteiger partial charge on any atom is 0.303 e. The van der Waals surface area contributed by atoms with Gasteiger partial charge in [0.15, 0.2) is 6.23 Å². The van der Waals surface area contributed by atoms with Crippen LogP contribution < -0.4 is 5.48 Å². The number of carboxylic acids is 2. The number of rotatable bonds is 18. The van der Waals surface area contributed by atoms with Gasteiger partial charge in [0.25, 0.3) is 0 Å². The van der Waals surface area contributed by atoms with E-state index in [9.17, 15) is 24.9 Å². The number of aliphatic hydroxyl groups is 1. The molecule has 11 heteroatoms. The summed E-state index contributed by atoms with van der Waals surface area (Å²) in [6.45, 7) is 18.7. The largest absolute Gasteiger partial charge is 0.481 e. The molecule has 3 aromatic heterocycles. The Kier molecular flexibility index (Phi) is 14.0. The summed E-state index contributed by atoms with van der Waals surface area (Å²) in [7, 11) is 0. The van der Waals surface area contributed by atoms with Crippen LogP contribution in [0.5, 0.6) is 0 Å². The van der Waals surface area contributed by atoms with Crippen LogP contribution in [0.3, 0.4) is 0 Å². The van der Waals surface area contributed by atoms with Crippen molar-refractivity contribution in [3.05, 3.63) is 111 Å². The number of carboxylic acid groups (broad SMARTS) is 2. The molecule has 3 aliphatic rings. The van der Waals surface area contributed by atoms with Gasteiger partial charge in [-0.1, -0.05) is 47.6 Å². The van der Waals surface area contributed by atoms with Gasteiger partial charge in [0.2, 0.25) is 0 Å². The molecule has 60 heavy (non-hydrogen) atoms. The monoisotopic (exact) mass is 813 g/mol. The first-order chi connectivity index (χ1) is 28.6. The molecule has 1 fully saturated rings. The van der Waals surface area contributed by atoms with Crippen LogP contribution in [0.25, 0.3) is 50.4 Å². The normalized spacial score (nSPS) is 16.0. The lowest BCUT2D eigenvalue weighted by atomic mass is 9.97. The topological polar surface area (TPSA) is 187 Å². The van der Waals surface area contributed by atoms with Crippen molar-refractivity contribution in [2.45, 2.75) is 125 Å². The first-order valence-corrected chi connectivity index (χ1v) is 20.9. The molecule has 0 amide bonds. The zero-order chi connectivity index (χ0) is 43.2. The predicted octanol–water partition coefficient (Wildman–Crippen LogP) is 11.2. The van der Waals surface area contributed by atoms with Crippen molar-refractivity contribution in [1.29, 1.82) is 0 Å². The Hall–Kier alpha value is -5.62. The second kappa shape index (κ2) is 19.2. The summed E-state index contributed by atoms with van der Waals surface area (Å²) < 4.78 is 0. The highest BCUT2D eigenvalue weighted by atomic mass is 16.8. The van der Waals surface area contributed by atoms with Gasteiger partial charge in [-0.25, -0.2) is 9.97 Å². The Morgan fingerprint density at radius 3 is 1.93 bits per heavy atom. The number of allylic oxidation sites excluding steroid dienone is 9. The molecule has 0 spiro atoms. The van der Waals surface area contributed by atoms with E-state index in [2.05, 4.69) is 67.9 Å². The number of aromatic amines is 2. The van der Waals surface area contributed by atoms with Crippen LogP contribution in [-0.2, 0) is 14.4 Å². The molecule has 8 bridgehead atoms. The molecule has 0 unspecified atom stereocenters. The lowest BCUT2D eigenvalue weighted by Gasteiger charge is -2.10. The van der Waals surface area contributed by atoms with Crippen molar-refractivity contribution >= 4 is 62.4 Å². The van der Waals surface area contributed by atoms with E-state index >= 15 is 0 Å². The van der Waals surface area contributed by atoms with Crippen molar-refractivity contribution in [3.63, 3.8) is 0 Å². The number of carbonyl (C=O) groups is 2. The Balaban J connectivity index is 1.48. The molecule has 0 radical (unpaired) electrons. The van der Waals surface area contributed by atoms with Gasteiger partial charge in [-0.15, -0.1) is 0 Å². The molecular weight excluding hydrogens is 755 g/mol. The number of hydrogen-bond donors (Lipinski definition) is 6. The first-order valence-electron chi connectivity index (χ1n) is 20.9. The molecule has 316 valence electrons. The predicted molar refractivity (Wildman–Crippen MR) is 241 cm³/mol. The van der Waals surface area contributed by atoms with E-state index in [-0.39, 0.29) is 25.7 Å². The number of aromatic nitrogens is 4. The highest BCUT2D eigenvalue weighted by Gasteiger charge is 2.36. The van der Waals surface area contributed by atoms with Crippen LogP contribution in [0.1, 0.15) is 150 Å². The number of nitrogens with one attached hydrogen (secondary N) is 3. The van der Waals surface area contributed by atoms with Gasteiger partial charge in [0.1, 0.15) is 0 Å². The second-order valence-electron chi connectivity index (χ2n) is 16.5. The average molecular weight is 814 g/mol. The Morgan fingerprint density at radius 1 is 0.733 bits per heavy atom. The van der Waals surface area contributed by atoms with Crippen LogP contribution in [-0.4, -0.2) is 53.4 Å². The molecule has 3 aliphatic heterocycles. The van der Waals surface area contributed by atoms with Gasteiger partial charge < -0.3 is 25.3 Å². The van der Waals surface area contributed by atoms with Crippen LogP contribution >= 0.6 is 0 Å². The number of hydrogen-bond acceptors (Lipinski definition) is 7. The third kappa shape index (κ3) is 10.4. The van der Waals surface area contributed by atoms with E-state index in [0.717, 1.165) is 86.7 Å². The maximum absolute atomic E-state index is 12.0. The van der Waals surface area contributed by atoms with Gasteiger partial charge >= 0.3 is 11.9 Å². The van der Waals surface area contributed by atoms with Crippen LogP contribution in [0.15, 0.2) is 65.8 Å². The fourth-order valence-electron chi connectivity index (χ4n) is 8.19. The summed E-state index contributed by atoms with van der Waals surface area (Å²) in [6.07, 6.45) is 13.0. The molecule has 0 aromatic carbocycles. The Bertz CT molecular complexity index is 2520. The van der Waals surface area contributed by atoms with Gasteiger partial charge in [0.05, 0.1) is 28.9 Å². The molecule has 0 saturated carbocycles. The van der Waals surface area contributed by atoms with E-state index in [1.807, 2.05) is 51.1 Å². The van der Waals surface area contributed by atoms with Gasteiger partial charge in [-0.2, -0.15) is 5.48 Å². The average Bonchev–Trinajstić information content (AvgIpc) is 3.70. The zero-order valence-electron chi connectivity index (χ0n) is 36.0. The molecule has 0 aliphatic carbocycles. The summed E-state index contributed by atoms with van der Waals surface area (Å²) in [5.74, 6) is -1.86. The van der Waals surface area contributed by atoms with E-state index < -0.39 is 24.3 Å². The van der Waals surface area contributed by atoms with Crippen molar-refractivity contribution in [1.82, 2.24) is 25.4 Å².